The van der Waals surface area contributed by atoms with Crippen LogP contribution in [0.15, 0.2) is 46.5 Å². The third kappa shape index (κ3) is 5.89. The van der Waals surface area contributed by atoms with Gasteiger partial charge in [-0.25, -0.2) is 8.42 Å². The van der Waals surface area contributed by atoms with Crippen molar-refractivity contribution in [2.75, 3.05) is 20.2 Å². The molecule has 0 aliphatic carbocycles. The third-order valence-corrected chi connectivity index (χ3v) is 4.82. The van der Waals surface area contributed by atoms with Crippen LogP contribution < -0.4 is 0 Å². The Kier molecular flexibility index (Phi) is 7.52. The minimum Gasteiger partial charge on any atom is -0.399 e. The van der Waals surface area contributed by atoms with E-state index in [1.54, 1.807) is 50.3 Å². The van der Waals surface area contributed by atoms with Crippen LogP contribution in [0.4, 0.5) is 0 Å². The predicted octanol–water partition coefficient (Wildman–Crippen LogP) is 2.59. The first-order valence-electron chi connectivity index (χ1n) is 7.12. The predicted molar refractivity (Wildman–Crippen MR) is 92.6 cm³/mol. The van der Waals surface area contributed by atoms with Crippen LogP contribution in [0.3, 0.4) is 0 Å². The molecule has 23 heavy (non-hydrogen) atoms. The van der Waals surface area contributed by atoms with E-state index in [2.05, 4.69) is 21.8 Å². The summed E-state index contributed by atoms with van der Waals surface area (Å²) in [5, 5.41) is 3.75. The molecule has 0 atom stereocenters. The average molecular weight is 334 g/mol. The molecule has 0 heterocycles. The highest BCUT2D eigenvalue weighted by Gasteiger charge is 2.22. The van der Waals surface area contributed by atoms with Gasteiger partial charge in [-0.15, -0.1) is 5.92 Å². The highest BCUT2D eigenvalue weighted by molar-refractivity contribution is 7.89. The number of hydrogen-bond donors (Lipinski definition) is 0. The molecule has 6 heteroatoms. The topological polar surface area (TPSA) is 59.0 Å². The standard InChI is InChI=1S/C17H22N2O3S/c1-5-6-13-19(14-7-8-16(3)18-22-4)23(20,21)17-11-9-15(2)10-12-17/h7-12H,13-14H2,1-4H3/b8-7+,18-16+. The second kappa shape index (κ2) is 9.13. The Morgan fingerprint density at radius 3 is 2.57 bits per heavy atom. The molecule has 1 aromatic carbocycles. The Morgan fingerprint density at radius 1 is 1.35 bits per heavy atom. The fourth-order valence-corrected chi connectivity index (χ4v) is 3.08. The zero-order chi connectivity index (χ0) is 17.3. The first-order chi connectivity index (χ1) is 10.9. The van der Waals surface area contributed by atoms with Crippen molar-refractivity contribution in [3.8, 4) is 11.8 Å². The molecule has 5 nitrogen and oxygen atoms in total. The summed E-state index contributed by atoms with van der Waals surface area (Å²) in [5.41, 5.74) is 1.66. The van der Waals surface area contributed by atoms with E-state index in [1.807, 2.05) is 6.92 Å². The monoisotopic (exact) mass is 334 g/mol. The van der Waals surface area contributed by atoms with Crippen molar-refractivity contribution >= 4 is 15.7 Å². The van der Waals surface area contributed by atoms with E-state index < -0.39 is 10.0 Å². The SMILES string of the molecule is CC#CCN(C/C=C/C(C)=N/OC)S(=O)(=O)c1ccc(C)cc1. The number of rotatable bonds is 7. The maximum absolute atomic E-state index is 12.7. The number of nitrogens with zero attached hydrogens (tertiary/aromatic N) is 2. The second-order valence-electron chi connectivity index (χ2n) is 4.86. The van der Waals surface area contributed by atoms with Gasteiger partial charge < -0.3 is 4.84 Å². The van der Waals surface area contributed by atoms with Crippen molar-refractivity contribution in [3.63, 3.8) is 0 Å². The van der Waals surface area contributed by atoms with Gasteiger partial charge >= 0.3 is 0 Å². The molecule has 0 saturated heterocycles. The lowest BCUT2D eigenvalue weighted by Crippen LogP contribution is -2.31. The highest BCUT2D eigenvalue weighted by atomic mass is 32.2. The van der Waals surface area contributed by atoms with Gasteiger partial charge in [0, 0.05) is 6.54 Å². The normalized spacial score (nSPS) is 12.3. The molecular weight excluding hydrogens is 312 g/mol. The van der Waals surface area contributed by atoms with E-state index in [1.165, 1.54) is 11.4 Å². The van der Waals surface area contributed by atoms with Crippen LogP contribution in [0.2, 0.25) is 0 Å². The largest absolute Gasteiger partial charge is 0.399 e. The Labute approximate surface area is 138 Å². The number of benzene rings is 1. The summed E-state index contributed by atoms with van der Waals surface area (Å²) in [6, 6.07) is 6.78. The number of allylic oxidation sites excluding steroid dienone is 1. The quantitative estimate of drug-likeness (QED) is 0.437. The van der Waals surface area contributed by atoms with Crippen LogP contribution in [0, 0.1) is 18.8 Å². The van der Waals surface area contributed by atoms with Gasteiger partial charge in [0.05, 0.1) is 17.2 Å². The van der Waals surface area contributed by atoms with E-state index in [0.29, 0.717) is 5.71 Å². The van der Waals surface area contributed by atoms with Gasteiger partial charge in [-0.05, 0) is 39.0 Å². The number of aryl methyl sites for hydroxylation is 1. The molecule has 0 amide bonds. The molecule has 0 radical (unpaired) electrons. The smallest absolute Gasteiger partial charge is 0.244 e. The summed E-state index contributed by atoms with van der Waals surface area (Å²) < 4.78 is 26.8. The van der Waals surface area contributed by atoms with Crippen molar-refractivity contribution in [2.24, 2.45) is 5.16 Å². The molecule has 0 aliphatic rings. The fourth-order valence-electron chi connectivity index (χ4n) is 1.79. The lowest BCUT2D eigenvalue weighted by molar-refractivity contribution is 0.213. The van der Waals surface area contributed by atoms with E-state index in [-0.39, 0.29) is 18.0 Å². The highest BCUT2D eigenvalue weighted by Crippen LogP contribution is 2.16. The van der Waals surface area contributed by atoms with E-state index in [4.69, 9.17) is 0 Å². The fraction of sp³-hybridized carbons (Fsp3) is 0.353. The Balaban J connectivity index is 3.02. The van der Waals surface area contributed by atoms with Gasteiger partial charge in [0.2, 0.25) is 10.0 Å². The van der Waals surface area contributed by atoms with Crippen molar-refractivity contribution in [3.05, 3.63) is 42.0 Å². The molecule has 0 fully saturated rings. The maximum atomic E-state index is 12.7. The number of oxime groups is 1. The molecule has 1 rings (SSSR count). The zero-order valence-corrected chi connectivity index (χ0v) is 14.7. The van der Waals surface area contributed by atoms with Crippen LogP contribution in [0.5, 0.6) is 0 Å². The summed E-state index contributed by atoms with van der Waals surface area (Å²) in [6.07, 6.45) is 3.43. The van der Waals surface area contributed by atoms with Crippen molar-refractivity contribution in [1.82, 2.24) is 4.31 Å². The molecule has 0 aromatic heterocycles. The van der Waals surface area contributed by atoms with Crippen molar-refractivity contribution in [2.45, 2.75) is 25.7 Å². The van der Waals surface area contributed by atoms with Crippen LogP contribution in [0.1, 0.15) is 19.4 Å². The molecule has 0 unspecified atom stereocenters. The summed E-state index contributed by atoms with van der Waals surface area (Å²) in [4.78, 5) is 4.92. The number of sulfonamides is 1. The van der Waals surface area contributed by atoms with Gasteiger partial charge in [0.25, 0.3) is 0 Å². The molecule has 1 aromatic rings. The van der Waals surface area contributed by atoms with Crippen LogP contribution in [0.25, 0.3) is 0 Å². The molecule has 0 saturated carbocycles. The van der Waals surface area contributed by atoms with Gasteiger partial charge in [-0.1, -0.05) is 34.8 Å². The molecule has 124 valence electrons. The van der Waals surface area contributed by atoms with E-state index in [9.17, 15) is 8.42 Å². The Bertz CT molecular complexity index is 723. The van der Waals surface area contributed by atoms with Crippen LogP contribution in [-0.2, 0) is 14.9 Å². The summed E-state index contributed by atoms with van der Waals surface area (Å²) in [7, 11) is -2.13. The zero-order valence-electron chi connectivity index (χ0n) is 13.9. The molecule has 0 spiro atoms. The Hall–Kier alpha value is -2.10. The number of hydrogen-bond acceptors (Lipinski definition) is 4. The van der Waals surface area contributed by atoms with Gasteiger partial charge in [0.1, 0.15) is 7.11 Å². The average Bonchev–Trinajstić information content (AvgIpc) is 2.51. The molecule has 0 bridgehead atoms. The van der Waals surface area contributed by atoms with E-state index in [0.717, 1.165) is 5.56 Å². The molecular formula is C17H22N2O3S. The van der Waals surface area contributed by atoms with Crippen molar-refractivity contribution in [1.29, 1.82) is 0 Å². The van der Waals surface area contributed by atoms with Gasteiger partial charge in [-0.2, -0.15) is 4.31 Å². The second-order valence-corrected chi connectivity index (χ2v) is 6.79. The maximum Gasteiger partial charge on any atom is 0.244 e. The Morgan fingerprint density at radius 2 is 2.00 bits per heavy atom. The van der Waals surface area contributed by atoms with Crippen molar-refractivity contribution < 1.29 is 13.3 Å². The first kappa shape index (κ1) is 18.9. The summed E-state index contributed by atoms with van der Waals surface area (Å²) >= 11 is 0. The summed E-state index contributed by atoms with van der Waals surface area (Å²) in [5.74, 6) is 5.53. The minimum atomic E-state index is -3.59. The lowest BCUT2D eigenvalue weighted by atomic mass is 10.2. The van der Waals surface area contributed by atoms with Crippen LogP contribution in [-0.4, -0.2) is 38.6 Å². The third-order valence-electron chi connectivity index (χ3n) is 2.99. The molecule has 0 N–H and O–H groups in total. The minimum absolute atomic E-state index is 0.136. The van der Waals surface area contributed by atoms with Crippen LogP contribution >= 0.6 is 0 Å². The lowest BCUT2D eigenvalue weighted by Gasteiger charge is -2.18. The molecule has 0 aliphatic heterocycles. The van der Waals surface area contributed by atoms with Gasteiger partial charge in [-0.3, -0.25) is 0 Å². The van der Waals surface area contributed by atoms with E-state index >= 15 is 0 Å². The first-order valence-corrected chi connectivity index (χ1v) is 8.56. The van der Waals surface area contributed by atoms with Gasteiger partial charge in [0.15, 0.2) is 0 Å². The summed E-state index contributed by atoms with van der Waals surface area (Å²) in [6.45, 7) is 5.71.